The molecule has 2 aromatic rings. The molecular formula is C12H14N4. The molecule has 0 aliphatic carbocycles. The fraction of sp³-hybridized carbons (Fsp3) is 0.250. The van der Waals surface area contributed by atoms with Crippen LogP contribution in [0, 0.1) is 0 Å². The number of rotatable bonds is 1. The molecule has 0 unspecified atom stereocenters. The summed E-state index contributed by atoms with van der Waals surface area (Å²) in [5, 5.41) is 0. The summed E-state index contributed by atoms with van der Waals surface area (Å²) in [6, 6.07) is 10.4. The van der Waals surface area contributed by atoms with E-state index < -0.39 is 0 Å². The van der Waals surface area contributed by atoms with Gasteiger partial charge >= 0.3 is 0 Å². The van der Waals surface area contributed by atoms with E-state index in [2.05, 4.69) is 39.1 Å². The van der Waals surface area contributed by atoms with E-state index in [9.17, 15) is 0 Å². The molecule has 4 heteroatoms. The summed E-state index contributed by atoms with van der Waals surface area (Å²) in [6.45, 7) is 1.87. The van der Waals surface area contributed by atoms with Crippen molar-refractivity contribution in [2.75, 3.05) is 17.2 Å². The van der Waals surface area contributed by atoms with Crippen molar-refractivity contribution in [2.45, 2.75) is 13.0 Å². The average molecular weight is 214 g/mol. The monoisotopic (exact) mass is 214 g/mol. The lowest BCUT2D eigenvalue weighted by atomic mass is 10.1. The van der Waals surface area contributed by atoms with Gasteiger partial charge in [-0.1, -0.05) is 18.2 Å². The van der Waals surface area contributed by atoms with Crippen LogP contribution >= 0.6 is 0 Å². The first-order chi connectivity index (χ1) is 7.83. The smallest absolute Gasteiger partial charge is 0.197 e. The Hall–Kier alpha value is -1.97. The number of nitrogens with zero attached hydrogens (tertiary/aromatic N) is 2. The summed E-state index contributed by atoms with van der Waals surface area (Å²) >= 11 is 0. The minimum Gasteiger partial charge on any atom is -0.369 e. The highest BCUT2D eigenvalue weighted by atomic mass is 15.2. The van der Waals surface area contributed by atoms with Crippen LogP contribution in [-0.2, 0) is 13.0 Å². The Bertz CT molecular complexity index is 489. The Morgan fingerprint density at radius 3 is 2.88 bits per heavy atom. The van der Waals surface area contributed by atoms with Crippen molar-refractivity contribution in [1.29, 1.82) is 0 Å². The van der Waals surface area contributed by atoms with Crippen LogP contribution in [0.4, 0.5) is 11.6 Å². The Kier molecular flexibility index (Phi) is 2.06. The molecule has 0 fully saturated rings. The predicted octanol–water partition coefficient (Wildman–Crippen LogP) is 1.55. The standard InChI is InChI=1S/C12H14N4/c13-12-14-10-6-7-16(8-11(10)15-12)9-4-2-1-3-5-9/h1-5H,6-8H2,(H3,13,14,15). The van der Waals surface area contributed by atoms with Gasteiger partial charge in [0.1, 0.15) is 0 Å². The van der Waals surface area contributed by atoms with Crippen LogP contribution in [0.1, 0.15) is 11.4 Å². The summed E-state index contributed by atoms with van der Waals surface area (Å²) in [7, 11) is 0. The normalized spacial score (nSPS) is 14.9. The third-order valence-corrected chi connectivity index (χ3v) is 2.97. The number of H-pyrrole nitrogens is 1. The number of nitrogens with one attached hydrogen (secondary N) is 1. The number of nitrogen functional groups attached to an aromatic ring is 1. The highest BCUT2D eigenvalue weighted by Crippen LogP contribution is 2.23. The number of benzene rings is 1. The third-order valence-electron chi connectivity index (χ3n) is 2.97. The van der Waals surface area contributed by atoms with Crippen LogP contribution in [-0.4, -0.2) is 16.5 Å². The maximum atomic E-state index is 5.66. The van der Waals surface area contributed by atoms with Crippen LogP contribution in [0.15, 0.2) is 30.3 Å². The molecule has 1 aliphatic rings. The second-order valence-corrected chi connectivity index (χ2v) is 4.05. The van der Waals surface area contributed by atoms with Crippen molar-refractivity contribution >= 4 is 11.6 Å². The molecular weight excluding hydrogens is 200 g/mol. The fourth-order valence-corrected chi connectivity index (χ4v) is 2.18. The molecule has 0 saturated heterocycles. The van der Waals surface area contributed by atoms with Crippen molar-refractivity contribution in [2.24, 2.45) is 0 Å². The van der Waals surface area contributed by atoms with E-state index >= 15 is 0 Å². The lowest BCUT2D eigenvalue weighted by Crippen LogP contribution is -2.30. The summed E-state index contributed by atoms with van der Waals surface area (Å²) < 4.78 is 0. The second kappa shape index (κ2) is 3.56. The highest BCUT2D eigenvalue weighted by molar-refractivity contribution is 5.48. The summed E-state index contributed by atoms with van der Waals surface area (Å²) in [5.74, 6) is 0.528. The molecule has 0 atom stereocenters. The van der Waals surface area contributed by atoms with Crippen molar-refractivity contribution in [3.05, 3.63) is 41.7 Å². The SMILES string of the molecule is Nc1nc2c([nH]1)CN(c1ccccc1)CC2. The number of imidazole rings is 1. The zero-order valence-corrected chi connectivity index (χ0v) is 8.98. The Balaban J connectivity index is 1.88. The molecule has 0 saturated carbocycles. The molecule has 1 aromatic carbocycles. The first kappa shape index (κ1) is 9.27. The number of hydrogen-bond donors (Lipinski definition) is 2. The lowest BCUT2D eigenvalue weighted by Gasteiger charge is -2.28. The fourth-order valence-electron chi connectivity index (χ4n) is 2.18. The van der Waals surface area contributed by atoms with E-state index in [-0.39, 0.29) is 0 Å². The van der Waals surface area contributed by atoms with Gasteiger partial charge in [0.05, 0.1) is 17.9 Å². The van der Waals surface area contributed by atoms with Crippen LogP contribution in [0.3, 0.4) is 0 Å². The molecule has 16 heavy (non-hydrogen) atoms. The molecule has 3 rings (SSSR count). The predicted molar refractivity (Wildman–Crippen MR) is 64.2 cm³/mol. The van der Waals surface area contributed by atoms with Gasteiger partial charge in [-0.25, -0.2) is 4.98 Å². The topological polar surface area (TPSA) is 57.9 Å². The number of hydrogen-bond acceptors (Lipinski definition) is 3. The van der Waals surface area contributed by atoms with Crippen molar-refractivity contribution in [3.63, 3.8) is 0 Å². The average Bonchev–Trinajstić information content (AvgIpc) is 2.69. The van der Waals surface area contributed by atoms with Crippen molar-refractivity contribution in [1.82, 2.24) is 9.97 Å². The van der Waals surface area contributed by atoms with Crippen molar-refractivity contribution < 1.29 is 0 Å². The molecule has 4 nitrogen and oxygen atoms in total. The quantitative estimate of drug-likeness (QED) is 0.757. The number of aromatic amines is 1. The van der Waals surface area contributed by atoms with Gasteiger partial charge in [-0.3, -0.25) is 0 Å². The molecule has 0 amide bonds. The number of nitrogens with two attached hydrogens (primary N) is 1. The third kappa shape index (κ3) is 1.52. The lowest BCUT2D eigenvalue weighted by molar-refractivity contribution is 0.711. The molecule has 2 heterocycles. The first-order valence-electron chi connectivity index (χ1n) is 5.46. The molecule has 0 radical (unpaired) electrons. The summed E-state index contributed by atoms with van der Waals surface area (Å²) in [5.41, 5.74) is 9.17. The van der Waals surface area contributed by atoms with Gasteiger partial charge in [0, 0.05) is 18.7 Å². The van der Waals surface area contributed by atoms with Gasteiger partial charge in [0.25, 0.3) is 0 Å². The molecule has 3 N–H and O–H groups in total. The van der Waals surface area contributed by atoms with Crippen molar-refractivity contribution in [3.8, 4) is 0 Å². The zero-order chi connectivity index (χ0) is 11.0. The summed E-state index contributed by atoms with van der Waals surface area (Å²) in [4.78, 5) is 9.73. The van der Waals surface area contributed by atoms with E-state index in [4.69, 9.17) is 5.73 Å². The minimum absolute atomic E-state index is 0.528. The molecule has 82 valence electrons. The zero-order valence-electron chi connectivity index (χ0n) is 8.98. The van der Waals surface area contributed by atoms with Gasteiger partial charge in [0.2, 0.25) is 0 Å². The number of fused-ring (bicyclic) bond motifs is 1. The highest BCUT2D eigenvalue weighted by Gasteiger charge is 2.19. The largest absolute Gasteiger partial charge is 0.369 e. The Morgan fingerprint density at radius 2 is 2.06 bits per heavy atom. The van der Waals surface area contributed by atoms with Gasteiger partial charge in [0.15, 0.2) is 5.95 Å². The first-order valence-corrected chi connectivity index (χ1v) is 5.46. The van der Waals surface area contributed by atoms with E-state index in [0.29, 0.717) is 5.95 Å². The van der Waals surface area contributed by atoms with E-state index in [1.165, 1.54) is 5.69 Å². The number of anilines is 2. The van der Waals surface area contributed by atoms with Crippen LogP contribution in [0.2, 0.25) is 0 Å². The number of aromatic nitrogens is 2. The Labute approximate surface area is 94.1 Å². The van der Waals surface area contributed by atoms with Crippen LogP contribution < -0.4 is 10.6 Å². The minimum atomic E-state index is 0.528. The van der Waals surface area contributed by atoms with Crippen LogP contribution in [0.5, 0.6) is 0 Å². The number of para-hydroxylation sites is 1. The van der Waals surface area contributed by atoms with E-state index in [1.807, 2.05) is 6.07 Å². The molecule has 0 spiro atoms. The maximum Gasteiger partial charge on any atom is 0.197 e. The van der Waals surface area contributed by atoms with Gasteiger partial charge in [-0.2, -0.15) is 0 Å². The van der Waals surface area contributed by atoms with Gasteiger partial charge in [-0.05, 0) is 12.1 Å². The van der Waals surface area contributed by atoms with Gasteiger partial charge in [-0.15, -0.1) is 0 Å². The van der Waals surface area contributed by atoms with E-state index in [1.54, 1.807) is 0 Å². The maximum absolute atomic E-state index is 5.66. The van der Waals surface area contributed by atoms with E-state index in [0.717, 1.165) is 30.9 Å². The molecule has 1 aromatic heterocycles. The molecule has 0 bridgehead atoms. The second-order valence-electron chi connectivity index (χ2n) is 4.05. The summed E-state index contributed by atoms with van der Waals surface area (Å²) in [6.07, 6.45) is 0.956. The Morgan fingerprint density at radius 1 is 1.25 bits per heavy atom. The van der Waals surface area contributed by atoms with Gasteiger partial charge < -0.3 is 15.6 Å². The molecule has 1 aliphatic heterocycles. The van der Waals surface area contributed by atoms with Crippen LogP contribution in [0.25, 0.3) is 0 Å².